The summed E-state index contributed by atoms with van der Waals surface area (Å²) in [4.78, 5) is 13.4. The molecule has 0 unspecified atom stereocenters. The zero-order chi connectivity index (χ0) is 24.2. The van der Waals surface area contributed by atoms with Crippen LogP contribution < -0.4 is 4.90 Å². The van der Waals surface area contributed by atoms with Gasteiger partial charge in [-0.2, -0.15) is 0 Å². The van der Waals surface area contributed by atoms with Crippen LogP contribution in [-0.4, -0.2) is 50.5 Å². The van der Waals surface area contributed by atoms with Crippen LogP contribution in [0.25, 0.3) is 0 Å². The van der Waals surface area contributed by atoms with Crippen LogP contribution in [0.4, 0.5) is 23.2 Å². The van der Waals surface area contributed by atoms with Crippen LogP contribution in [0, 0.1) is 23.3 Å². The van der Waals surface area contributed by atoms with Crippen LogP contribution in [0.15, 0.2) is 0 Å². The largest absolute Gasteiger partial charge is 0.372 e. The third kappa shape index (κ3) is 6.43. The van der Waals surface area contributed by atoms with Crippen LogP contribution in [0.1, 0.15) is 58.9 Å². The fourth-order valence-corrected chi connectivity index (χ4v) is 4.86. The Morgan fingerprint density at radius 3 is 2.00 bits per heavy atom. The molecule has 1 aliphatic heterocycles. The smallest absolute Gasteiger partial charge is 0.185 e. The zero-order valence-electron chi connectivity index (χ0n) is 18.9. The molecule has 0 N–H and O–H groups in total. The predicted molar refractivity (Wildman–Crippen MR) is 115 cm³/mol. The molecular weight excluding hydrogens is 450 g/mol. The van der Waals surface area contributed by atoms with Crippen LogP contribution >= 0.6 is 0 Å². The molecule has 1 fully saturated rings. The average Bonchev–Trinajstić information content (AvgIpc) is 2.68. The van der Waals surface area contributed by atoms with E-state index >= 15 is 0 Å². The number of sulfone groups is 1. The van der Waals surface area contributed by atoms with Crippen molar-refractivity contribution < 1.29 is 35.5 Å². The molecule has 0 spiro atoms. The number of ether oxygens (including phenoxy) is 1. The monoisotopic (exact) mass is 481 g/mol. The number of benzene rings is 1. The third-order valence-electron chi connectivity index (χ3n) is 5.54. The number of hydrogen-bond donors (Lipinski definition) is 0. The van der Waals surface area contributed by atoms with Gasteiger partial charge < -0.3 is 9.64 Å². The number of unbranched alkanes of at least 4 members (excludes halogenated alkanes) is 2. The van der Waals surface area contributed by atoms with E-state index in [4.69, 9.17) is 4.74 Å². The first kappa shape index (κ1) is 26.6. The molecule has 1 saturated heterocycles. The van der Waals surface area contributed by atoms with Gasteiger partial charge in [-0.3, -0.25) is 4.79 Å². The summed E-state index contributed by atoms with van der Waals surface area (Å²) in [6.07, 6.45) is -0.457. The lowest BCUT2D eigenvalue weighted by Gasteiger charge is -2.37. The topological polar surface area (TPSA) is 63.7 Å². The average molecular weight is 482 g/mol. The molecule has 32 heavy (non-hydrogen) atoms. The lowest BCUT2D eigenvalue weighted by molar-refractivity contribution is -0.118. The Kier molecular flexibility index (Phi) is 9.10. The number of nitrogens with zero attached hydrogens (tertiary/aromatic N) is 1. The molecule has 0 aromatic heterocycles. The lowest BCUT2D eigenvalue weighted by atomic mass is 10.0. The van der Waals surface area contributed by atoms with E-state index in [1.165, 1.54) is 4.90 Å². The van der Waals surface area contributed by atoms with Gasteiger partial charge >= 0.3 is 0 Å². The standard InChI is InChI=1S/C22H31F4NO4S/c1-13(2)32(29,30)9-7-5-6-8-16(28)10-17-18(23)20(25)22(21(26)19(17)24)27-11-14(3)31-15(4)12-27/h13-15H,5-12H2,1-4H3/t14-,15+. The first-order valence-electron chi connectivity index (χ1n) is 10.8. The summed E-state index contributed by atoms with van der Waals surface area (Å²) in [5, 5.41) is -0.480. The van der Waals surface area contributed by atoms with Gasteiger partial charge in [0.1, 0.15) is 11.5 Å². The van der Waals surface area contributed by atoms with Gasteiger partial charge in [0.2, 0.25) is 0 Å². The van der Waals surface area contributed by atoms with Crippen LogP contribution in [0.3, 0.4) is 0 Å². The molecule has 2 rings (SSSR count). The Balaban J connectivity index is 2.04. The molecule has 0 saturated carbocycles. The normalized spacial score (nSPS) is 19.6. The fraction of sp³-hybridized carbons (Fsp3) is 0.682. The number of hydrogen-bond acceptors (Lipinski definition) is 5. The molecule has 1 aromatic carbocycles. The number of carbonyl (C=O) groups excluding carboxylic acids is 1. The third-order valence-corrected chi connectivity index (χ3v) is 7.84. The number of carbonyl (C=O) groups is 1. The maximum absolute atomic E-state index is 14.7. The summed E-state index contributed by atoms with van der Waals surface area (Å²) in [6.45, 7) is 6.70. The van der Waals surface area contributed by atoms with E-state index in [9.17, 15) is 30.8 Å². The highest BCUT2D eigenvalue weighted by Crippen LogP contribution is 2.33. The molecule has 1 aliphatic rings. The Bertz CT molecular complexity index is 897. The van der Waals surface area contributed by atoms with Gasteiger partial charge in [-0.25, -0.2) is 26.0 Å². The van der Waals surface area contributed by atoms with Crippen LogP contribution in [0.2, 0.25) is 0 Å². The second kappa shape index (κ2) is 11.0. The Hall–Kier alpha value is -1.68. The van der Waals surface area contributed by atoms with Gasteiger partial charge in [-0.15, -0.1) is 0 Å². The number of anilines is 1. The minimum absolute atomic E-state index is 0.00122. The molecule has 182 valence electrons. The van der Waals surface area contributed by atoms with Gasteiger partial charge in [0.15, 0.2) is 33.1 Å². The van der Waals surface area contributed by atoms with Crippen molar-refractivity contribution in [2.75, 3.05) is 23.7 Å². The van der Waals surface area contributed by atoms with Crippen molar-refractivity contribution in [2.45, 2.75) is 77.3 Å². The van der Waals surface area contributed by atoms with Crippen molar-refractivity contribution in [3.8, 4) is 0 Å². The zero-order valence-corrected chi connectivity index (χ0v) is 19.7. The number of morpholine rings is 1. The fourth-order valence-electron chi connectivity index (χ4n) is 3.78. The minimum atomic E-state index is -3.17. The summed E-state index contributed by atoms with van der Waals surface area (Å²) in [5.74, 6) is -6.75. The van der Waals surface area contributed by atoms with Gasteiger partial charge in [-0.1, -0.05) is 6.42 Å². The van der Waals surface area contributed by atoms with E-state index in [2.05, 4.69) is 0 Å². The highest BCUT2D eigenvalue weighted by Gasteiger charge is 2.32. The van der Waals surface area contributed by atoms with E-state index in [0.717, 1.165) is 0 Å². The first-order chi connectivity index (χ1) is 14.8. The molecule has 1 aromatic rings. The summed E-state index contributed by atoms with van der Waals surface area (Å²) in [6, 6.07) is 0. The second-order valence-corrected chi connectivity index (χ2v) is 11.4. The Labute approximate surface area is 187 Å². The Morgan fingerprint density at radius 1 is 0.969 bits per heavy atom. The number of ketones is 1. The molecule has 0 bridgehead atoms. The summed E-state index contributed by atoms with van der Waals surface area (Å²) in [7, 11) is -3.17. The van der Waals surface area contributed by atoms with E-state index in [-0.39, 0.29) is 37.5 Å². The summed E-state index contributed by atoms with van der Waals surface area (Å²) < 4.78 is 87.6. The van der Waals surface area contributed by atoms with Gasteiger partial charge in [0.25, 0.3) is 0 Å². The quantitative estimate of drug-likeness (QED) is 0.282. The van der Waals surface area contributed by atoms with E-state index in [1.807, 2.05) is 0 Å². The second-order valence-electron chi connectivity index (χ2n) is 8.69. The molecule has 10 heteroatoms. The minimum Gasteiger partial charge on any atom is -0.372 e. The van der Waals surface area contributed by atoms with Gasteiger partial charge in [0, 0.05) is 31.5 Å². The van der Waals surface area contributed by atoms with Crippen molar-refractivity contribution in [3.05, 3.63) is 28.8 Å². The molecule has 5 nitrogen and oxygen atoms in total. The van der Waals surface area contributed by atoms with E-state index < -0.39 is 61.8 Å². The van der Waals surface area contributed by atoms with E-state index in [0.29, 0.717) is 19.3 Å². The van der Waals surface area contributed by atoms with Crippen molar-refractivity contribution >= 4 is 21.3 Å². The SMILES string of the molecule is CC(C)S(=O)(=O)CCCCCC(=O)Cc1c(F)c(F)c(N2C[C@@H](C)O[C@@H](C)C2)c(F)c1F. The molecule has 1 heterocycles. The highest BCUT2D eigenvalue weighted by atomic mass is 32.2. The molecule has 0 aliphatic carbocycles. The molecular formula is C22H31F4NO4S. The maximum atomic E-state index is 14.7. The summed E-state index contributed by atoms with van der Waals surface area (Å²) in [5.41, 5.74) is -1.71. The molecule has 2 atom stereocenters. The van der Waals surface area contributed by atoms with Crippen LogP contribution in [-0.2, 0) is 25.8 Å². The molecule has 0 radical (unpaired) electrons. The van der Waals surface area contributed by atoms with Crippen molar-refractivity contribution in [1.82, 2.24) is 0 Å². The van der Waals surface area contributed by atoms with E-state index in [1.54, 1.807) is 27.7 Å². The highest BCUT2D eigenvalue weighted by molar-refractivity contribution is 7.91. The van der Waals surface area contributed by atoms with Crippen molar-refractivity contribution in [1.29, 1.82) is 0 Å². The first-order valence-corrected chi connectivity index (χ1v) is 12.5. The lowest BCUT2D eigenvalue weighted by Crippen LogP contribution is -2.46. The van der Waals surface area contributed by atoms with Crippen molar-refractivity contribution in [2.24, 2.45) is 0 Å². The number of Topliss-reactive ketones (excluding diaryl/α,β-unsaturated/α-hetero) is 1. The van der Waals surface area contributed by atoms with Crippen molar-refractivity contribution in [3.63, 3.8) is 0 Å². The number of halogens is 4. The molecule has 0 amide bonds. The van der Waals surface area contributed by atoms with Gasteiger partial charge in [-0.05, 0) is 40.5 Å². The summed E-state index contributed by atoms with van der Waals surface area (Å²) >= 11 is 0. The maximum Gasteiger partial charge on any atom is 0.185 e. The Morgan fingerprint density at radius 2 is 1.50 bits per heavy atom. The van der Waals surface area contributed by atoms with Crippen LogP contribution in [0.5, 0.6) is 0 Å². The van der Waals surface area contributed by atoms with Gasteiger partial charge in [0.05, 0.1) is 23.2 Å². The number of rotatable bonds is 10. The predicted octanol–water partition coefficient (Wildman–Crippen LogP) is 4.35.